The van der Waals surface area contributed by atoms with Crippen molar-refractivity contribution in [2.75, 3.05) is 20.8 Å². The Balaban J connectivity index is 1.98. The Morgan fingerprint density at radius 3 is 2.62 bits per heavy atom. The molecule has 1 saturated carbocycles. The standard InChI is InChI=1S/C18H29NO2/c1-5-8-18(9-10-18)13-19-14(2)15-6-7-17(21-4)16(11-15)12-20-3/h6-7,11,14,19H,5,8-10,12-13H2,1-4H3. The zero-order valence-electron chi connectivity index (χ0n) is 13.9. The van der Waals surface area contributed by atoms with Crippen molar-refractivity contribution in [1.29, 1.82) is 0 Å². The van der Waals surface area contributed by atoms with Gasteiger partial charge in [0.1, 0.15) is 5.75 Å². The molecule has 0 aliphatic heterocycles. The monoisotopic (exact) mass is 291 g/mol. The number of nitrogens with one attached hydrogen (secondary N) is 1. The number of benzene rings is 1. The normalized spacial score (nSPS) is 17.5. The molecule has 1 unspecified atom stereocenters. The van der Waals surface area contributed by atoms with Gasteiger partial charge in [-0.15, -0.1) is 0 Å². The summed E-state index contributed by atoms with van der Waals surface area (Å²) in [7, 11) is 3.42. The first-order valence-corrected chi connectivity index (χ1v) is 8.03. The highest BCUT2D eigenvalue weighted by Crippen LogP contribution is 2.49. The van der Waals surface area contributed by atoms with Gasteiger partial charge in [0.15, 0.2) is 0 Å². The van der Waals surface area contributed by atoms with Crippen LogP contribution in [0.25, 0.3) is 0 Å². The first-order valence-electron chi connectivity index (χ1n) is 8.03. The minimum atomic E-state index is 0.362. The molecule has 1 fully saturated rings. The van der Waals surface area contributed by atoms with Crippen LogP contribution in [0.5, 0.6) is 5.75 Å². The second-order valence-electron chi connectivity index (χ2n) is 6.36. The van der Waals surface area contributed by atoms with Gasteiger partial charge in [-0.2, -0.15) is 0 Å². The van der Waals surface area contributed by atoms with E-state index in [-0.39, 0.29) is 0 Å². The third-order valence-electron chi connectivity index (χ3n) is 4.62. The van der Waals surface area contributed by atoms with Crippen molar-refractivity contribution in [2.24, 2.45) is 5.41 Å². The molecule has 3 heteroatoms. The smallest absolute Gasteiger partial charge is 0.124 e. The van der Waals surface area contributed by atoms with Crippen LogP contribution >= 0.6 is 0 Å². The first kappa shape index (κ1) is 16.3. The zero-order valence-corrected chi connectivity index (χ0v) is 13.9. The molecule has 1 aliphatic carbocycles. The second kappa shape index (κ2) is 7.28. The SMILES string of the molecule is CCCC1(CNC(C)c2ccc(OC)c(COC)c2)CC1. The second-order valence-corrected chi connectivity index (χ2v) is 6.36. The van der Waals surface area contributed by atoms with Crippen LogP contribution < -0.4 is 10.1 Å². The van der Waals surface area contributed by atoms with E-state index in [0.717, 1.165) is 17.9 Å². The summed E-state index contributed by atoms with van der Waals surface area (Å²) in [6.45, 7) is 6.24. The van der Waals surface area contributed by atoms with Gasteiger partial charge in [0.2, 0.25) is 0 Å². The van der Waals surface area contributed by atoms with Gasteiger partial charge in [-0.05, 0) is 49.3 Å². The van der Waals surface area contributed by atoms with Crippen LogP contribution in [0.3, 0.4) is 0 Å². The summed E-state index contributed by atoms with van der Waals surface area (Å²) in [5, 5.41) is 3.71. The van der Waals surface area contributed by atoms with Crippen LogP contribution in [-0.2, 0) is 11.3 Å². The fourth-order valence-electron chi connectivity index (χ4n) is 3.05. The highest BCUT2D eigenvalue weighted by atomic mass is 16.5. The van der Waals surface area contributed by atoms with Gasteiger partial charge in [-0.1, -0.05) is 19.4 Å². The van der Waals surface area contributed by atoms with E-state index in [4.69, 9.17) is 9.47 Å². The molecule has 1 aromatic carbocycles. The van der Waals surface area contributed by atoms with Crippen molar-refractivity contribution >= 4 is 0 Å². The molecular formula is C18H29NO2. The van der Waals surface area contributed by atoms with Gasteiger partial charge < -0.3 is 14.8 Å². The minimum Gasteiger partial charge on any atom is -0.496 e. The summed E-state index contributed by atoms with van der Waals surface area (Å²) in [6.07, 6.45) is 5.41. The van der Waals surface area contributed by atoms with Crippen molar-refractivity contribution in [3.05, 3.63) is 29.3 Å². The molecule has 0 heterocycles. The molecule has 0 amide bonds. The summed E-state index contributed by atoms with van der Waals surface area (Å²) in [5.74, 6) is 0.900. The van der Waals surface area contributed by atoms with E-state index in [1.807, 2.05) is 6.07 Å². The van der Waals surface area contributed by atoms with Gasteiger partial charge in [0.25, 0.3) is 0 Å². The van der Waals surface area contributed by atoms with E-state index >= 15 is 0 Å². The molecule has 1 aromatic rings. The summed E-state index contributed by atoms with van der Waals surface area (Å²) in [5.41, 5.74) is 3.00. The molecule has 0 radical (unpaired) electrons. The number of rotatable bonds is 9. The number of hydrogen-bond donors (Lipinski definition) is 1. The van der Waals surface area contributed by atoms with Gasteiger partial charge in [-0.3, -0.25) is 0 Å². The molecule has 1 atom stereocenters. The Morgan fingerprint density at radius 1 is 1.29 bits per heavy atom. The van der Waals surface area contributed by atoms with Crippen molar-refractivity contribution in [3.8, 4) is 5.75 Å². The van der Waals surface area contributed by atoms with Gasteiger partial charge >= 0.3 is 0 Å². The van der Waals surface area contributed by atoms with E-state index in [0.29, 0.717) is 18.1 Å². The molecule has 0 bridgehead atoms. The molecule has 1 aliphatic rings. The third kappa shape index (κ3) is 4.21. The van der Waals surface area contributed by atoms with Crippen LogP contribution in [0.2, 0.25) is 0 Å². The lowest BCUT2D eigenvalue weighted by atomic mass is 9.99. The highest BCUT2D eigenvalue weighted by Gasteiger charge is 2.41. The van der Waals surface area contributed by atoms with E-state index in [1.165, 1.54) is 31.2 Å². The maximum Gasteiger partial charge on any atom is 0.124 e. The number of ether oxygens (including phenoxy) is 2. The molecule has 3 nitrogen and oxygen atoms in total. The van der Waals surface area contributed by atoms with E-state index in [9.17, 15) is 0 Å². The molecule has 118 valence electrons. The van der Waals surface area contributed by atoms with Crippen LogP contribution in [-0.4, -0.2) is 20.8 Å². The Hall–Kier alpha value is -1.06. The number of hydrogen-bond acceptors (Lipinski definition) is 3. The molecule has 2 rings (SSSR count). The van der Waals surface area contributed by atoms with Crippen LogP contribution in [0.1, 0.15) is 56.7 Å². The van der Waals surface area contributed by atoms with Crippen molar-refractivity contribution in [2.45, 2.75) is 52.2 Å². The molecule has 0 spiro atoms. The van der Waals surface area contributed by atoms with Crippen molar-refractivity contribution in [3.63, 3.8) is 0 Å². The van der Waals surface area contributed by atoms with Crippen LogP contribution in [0, 0.1) is 5.41 Å². The summed E-state index contributed by atoms with van der Waals surface area (Å²) in [4.78, 5) is 0. The zero-order chi connectivity index (χ0) is 15.3. The Kier molecular flexibility index (Phi) is 5.65. The quantitative estimate of drug-likeness (QED) is 0.744. The van der Waals surface area contributed by atoms with E-state index in [1.54, 1.807) is 14.2 Å². The Morgan fingerprint density at radius 2 is 2.05 bits per heavy atom. The van der Waals surface area contributed by atoms with E-state index in [2.05, 4.69) is 31.3 Å². The Bertz CT molecular complexity index is 455. The fourth-order valence-corrected chi connectivity index (χ4v) is 3.05. The average Bonchev–Trinajstić information content (AvgIpc) is 3.25. The summed E-state index contributed by atoms with van der Waals surface area (Å²) >= 11 is 0. The average molecular weight is 291 g/mol. The van der Waals surface area contributed by atoms with Crippen LogP contribution in [0.4, 0.5) is 0 Å². The van der Waals surface area contributed by atoms with Crippen molar-refractivity contribution < 1.29 is 9.47 Å². The van der Waals surface area contributed by atoms with Gasteiger partial charge in [0.05, 0.1) is 13.7 Å². The van der Waals surface area contributed by atoms with Gasteiger partial charge in [0, 0.05) is 25.3 Å². The van der Waals surface area contributed by atoms with Crippen LogP contribution in [0.15, 0.2) is 18.2 Å². The summed E-state index contributed by atoms with van der Waals surface area (Å²) in [6, 6.07) is 6.75. The molecular weight excluding hydrogens is 262 g/mol. The number of methoxy groups -OCH3 is 2. The third-order valence-corrected chi connectivity index (χ3v) is 4.62. The lowest BCUT2D eigenvalue weighted by Crippen LogP contribution is -2.26. The predicted molar refractivity (Wildman–Crippen MR) is 86.7 cm³/mol. The lowest BCUT2D eigenvalue weighted by Gasteiger charge is -2.21. The molecule has 0 saturated heterocycles. The highest BCUT2D eigenvalue weighted by molar-refractivity contribution is 5.38. The lowest BCUT2D eigenvalue weighted by molar-refractivity contribution is 0.181. The molecule has 1 N–H and O–H groups in total. The van der Waals surface area contributed by atoms with Gasteiger partial charge in [-0.25, -0.2) is 0 Å². The molecule has 0 aromatic heterocycles. The van der Waals surface area contributed by atoms with E-state index < -0.39 is 0 Å². The Labute approximate surface area is 129 Å². The predicted octanol–water partition coefficient (Wildman–Crippen LogP) is 4.07. The van der Waals surface area contributed by atoms with Crippen molar-refractivity contribution in [1.82, 2.24) is 5.32 Å². The summed E-state index contributed by atoms with van der Waals surface area (Å²) < 4.78 is 10.6. The largest absolute Gasteiger partial charge is 0.496 e. The maximum atomic E-state index is 5.39. The minimum absolute atomic E-state index is 0.362. The topological polar surface area (TPSA) is 30.5 Å². The maximum absolute atomic E-state index is 5.39. The fraction of sp³-hybridized carbons (Fsp3) is 0.667. The first-order chi connectivity index (χ1) is 10.1. The molecule has 21 heavy (non-hydrogen) atoms.